The zero-order chi connectivity index (χ0) is 11.0. The van der Waals surface area contributed by atoms with E-state index in [4.69, 9.17) is 0 Å². The summed E-state index contributed by atoms with van der Waals surface area (Å²) in [4.78, 5) is 6.76. The van der Waals surface area contributed by atoms with Gasteiger partial charge in [-0.3, -0.25) is 0 Å². The molecule has 88 valence electrons. The Labute approximate surface area is 95.9 Å². The first-order chi connectivity index (χ1) is 7.88. The van der Waals surface area contributed by atoms with E-state index in [-0.39, 0.29) is 6.61 Å². The van der Waals surface area contributed by atoms with E-state index in [0.717, 1.165) is 11.7 Å². The van der Waals surface area contributed by atoms with Crippen LogP contribution in [-0.2, 0) is 6.61 Å². The third-order valence-electron chi connectivity index (χ3n) is 4.09. The third-order valence-corrected chi connectivity index (χ3v) is 4.09. The van der Waals surface area contributed by atoms with E-state index in [9.17, 15) is 5.11 Å². The molecule has 1 N–H and O–H groups in total. The van der Waals surface area contributed by atoms with Gasteiger partial charge in [0.15, 0.2) is 0 Å². The number of aliphatic hydroxyl groups is 1. The number of aromatic nitrogens is 2. The minimum absolute atomic E-state index is 0.102. The average molecular weight is 221 g/mol. The van der Waals surface area contributed by atoms with E-state index in [2.05, 4.69) is 14.5 Å². The molecule has 3 heterocycles. The standard InChI is InChI=1S/C12H19N3O/c16-8-12-7-13-9-15(12)11-3-5-14-4-1-2-10(14)6-11/h7,9-11,16H,1-6,8H2. The first kappa shape index (κ1) is 10.3. The van der Waals surface area contributed by atoms with Gasteiger partial charge in [0, 0.05) is 18.6 Å². The highest BCUT2D eigenvalue weighted by Gasteiger charge is 2.32. The minimum atomic E-state index is 0.102. The molecule has 2 unspecified atom stereocenters. The van der Waals surface area contributed by atoms with Gasteiger partial charge in [0.1, 0.15) is 0 Å². The van der Waals surface area contributed by atoms with Crippen LogP contribution in [0.3, 0.4) is 0 Å². The van der Waals surface area contributed by atoms with Gasteiger partial charge in [-0.15, -0.1) is 0 Å². The maximum Gasteiger partial charge on any atom is 0.0951 e. The second-order valence-electron chi connectivity index (χ2n) is 4.96. The molecule has 3 rings (SSSR count). The topological polar surface area (TPSA) is 41.3 Å². The van der Waals surface area contributed by atoms with Crippen LogP contribution in [0.4, 0.5) is 0 Å². The number of imidazole rings is 1. The normalized spacial score (nSPS) is 30.6. The quantitative estimate of drug-likeness (QED) is 0.815. The lowest BCUT2D eigenvalue weighted by molar-refractivity contribution is 0.150. The average Bonchev–Trinajstić information content (AvgIpc) is 2.96. The molecule has 0 saturated carbocycles. The van der Waals surface area contributed by atoms with Crippen molar-refractivity contribution < 1.29 is 5.11 Å². The molecule has 1 aromatic rings. The number of piperidine rings is 1. The lowest BCUT2D eigenvalue weighted by Crippen LogP contribution is -2.38. The van der Waals surface area contributed by atoms with E-state index in [1.165, 1.54) is 38.8 Å². The van der Waals surface area contributed by atoms with Gasteiger partial charge < -0.3 is 14.6 Å². The van der Waals surface area contributed by atoms with Crippen LogP contribution in [0.15, 0.2) is 12.5 Å². The summed E-state index contributed by atoms with van der Waals surface area (Å²) >= 11 is 0. The molecule has 2 aliphatic rings. The van der Waals surface area contributed by atoms with E-state index in [0.29, 0.717) is 6.04 Å². The monoisotopic (exact) mass is 221 g/mol. The lowest BCUT2D eigenvalue weighted by Gasteiger charge is -2.35. The van der Waals surface area contributed by atoms with Crippen molar-refractivity contribution in [3.63, 3.8) is 0 Å². The van der Waals surface area contributed by atoms with Crippen molar-refractivity contribution in [1.29, 1.82) is 0 Å². The first-order valence-corrected chi connectivity index (χ1v) is 6.24. The van der Waals surface area contributed by atoms with Crippen molar-refractivity contribution >= 4 is 0 Å². The number of nitrogens with zero attached hydrogens (tertiary/aromatic N) is 3. The molecule has 16 heavy (non-hydrogen) atoms. The molecule has 4 heteroatoms. The van der Waals surface area contributed by atoms with E-state index in [1.807, 2.05) is 6.33 Å². The highest BCUT2D eigenvalue weighted by Crippen LogP contribution is 2.33. The van der Waals surface area contributed by atoms with Crippen LogP contribution in [0.2, 0.25) is 0 Å². The second kappa shape index (κ2) is 4.18. The molecule has 0 spiro atoms. The number of aliphatic hydroxyl groups excluding tert-OH is 1. The summed E-state index contributed by atoms with van der Waals surface area (Å²) in [6, 6.07) is 1.32. The molecule has 2 fully saturated rings. The smallest absolute Gasteiger partial charge is 0.0951 e. The summed E-state index contributed by atoms with van der Waals surface area (Å²) in [5.41, 5.74) is 0.955. The van der Waals surface area contributed by atoms with Crippen molar-refractivity contribution in [1.82, 2.24) is 14.5 Å². The molecule has 2 atom stereocenters. The summed E-state index contributed by atoms with van der Waals surface area (Å²) < 4.78 is 2.18. The zero-order valence-electron chi connectivity index (χ0n) is 9.55. The Bertz CT molecular complexity index is 363. The van der Waals surface area contributed by atoms with E-state index < -0.39 is 0 Å². The Balaban J connectivity index is 1.76. The van der Waals surface area contributed by atoms with Crippen LogP contribution in [0, 0.1) is 0 Å². The summed E-state index contributed by atoms with van der Waals surface area (Å²) in [6.07, 6.45) is 8.78. The van der Waals surface area contributed by atoms with Gasteiger partial charge in [0.2, 0.25) is 0 Å². The van der Waals surface area contributed by atoms with Gasteiger partial charge in [0.05, 0.1) is 24.8 Å². The van der Waals surface area contributed by atoms with E-state index in [1.54, 1.807) is 6.20 Å². The third kappa shape index (κ3) is 1.66. The summed E-state index contributed by atoms with van der Waals surface area (Å²) in [5.74, 6) is 0. The largest absolute Gasteiger partial charge is 0.390 e. The number of rotatable bonds is 2. The molecule has 2 aliphatic heterocycles. The molecule has 0 aromatic carbocycles. The van der Waals surface area contributed by atoms with E-state index >= 15 is 0 Å². The fourth-order valence-electron chi connectivity index (χ4n) is 3.24. The zero-order valence-corrected chi connectivity index (χ0v) is 9.55. The maximum atomic E-state index is 9.25. The highest BCUT2D eigenvalue weighted by atomic mass is 16.3. The molecule has 0 bridgehead atoms. The predicted molar refractivity (Wildman–Crippen MR) is 61.0 cm³/mol. The van der Waals surface area contributed by atoms with Crippen molar-refractivity contribution in [2.45, 2.75) is 44.4 Å². The van der Waals surface area contributed by atoms with Crippen molar-refractivity contribution in [3.05, 3.63) is 18.2 Å². The van der Waals surface area contributed by atoms with Gasteiger partial charge in [-0.1, -0.05) is 0 Å². The Morgan fingerprint density at radius 2 is 2.25 bits per heavy atom. The van der Waals surface area contributed by atoms with Gasteiger partial charge in [-0.2, -0.15) is 0 Å². The van der Waals surface area contributed by atoms with Crippen LogP contribution in [0.1, 0.15) is 37.4 Å². The lowest BCUT2D eigenvalue weighted by atomic mass is 9.97. The molecular formula is C12H19N3O. The van der Waals surface area contributed by atoms with Gasteiger partial charge in [0.25, 0.3) is 0 Å². The van der Waals surface area contributed by atoms with Gasteiger partial charge in [-0.05, 0) is 32.2 Å². The Kier molecular flexibility index (Phi) is 2.69. The number of hydrogen-bond donors (Lipinski definition) is 1. The predicted octanol–water partition coefficient (Wildman–Crippen LogP) is 1.17. The van der Waals surface area contributed by atoms with Crippen LogP contribution >= 0.6 is 0 Å². The molecule has 4 nitrogen and oxygen atoms in total. The Morgan fingerprint density at radius 1 is 1.31 bits per heavy atom. The minimum Gasteiger partial charge on any atom is -0.390 e. The van der Waals surface area contributed by atoms with Crippen molar-refractivity contribution in [2.75, 3.05) is 13.1 Å². The van der Waals surface area contributed by atoms with Crippen LogP contribution in [0.25, 0.3) is 0 Å². The molecule has 1 aromatic heterocycles. The summed E-state index contributed by atoms with van der Waals surface area (Å²) in [7, 11) is 0. The molecule has 0 radical (unpaired) electrons. The van der Waals surface area contributed by atoms with Crippen LogP contribution < -0.4 is 0 Å². The molecule has 2 saturated heterocycles. The molecule has 0 amide bonds. The van der Waals surface area contributed by atoms with Crippen LogP contribution in [0.5, 0.6) is 0 Å². The summed E-state index contributed by atoms with van der Waals surface area (Å²) in [5, 5.41) is 9.25. The van der Waals surface area contributed by atoms with Crippen LogP contribution in [-0.4, -0.2) is 38.7 Å². The molecule has 0 aliphatic carbocycles. The fourth-order valence-corrected chi connectivity index (χ4v) is 3.24. The van der Waals surface area contributed by atoms with Crippen molar-refractivity contribution in [2.24, 2.45) is 0 Å². The Morgan fingerprint density at radius 3 is 3.12 bits per heavy atom. The van der Waals surface area contributed by atoms with Crippen molar-refractivity contribution in [3.8, 4) is 0 Å². The number of fused-ring (bicyclic) bond motifs is 1. The second-order valence-corrected chi connectivity index (χ2v) is 4.96. The molecular weight excluding hydrogens is 202 g/mol. The highest BCUT2D eigenvalue weighted by molar-refractivity contribution is 5.01. The maximum absolute atomic E-state index is 9.25. The van der Waals surface area contributed by atoms with Gasteiger partial charge >= 0.3 is 0 Å². The SMILES string of the molecule is OCc1cncn1C1CCN2CCCC2C1. The Hall–Kier alpha value is -0.870. The fraction of sp³-hybridized carbons (Fsp3) is 0.750. The first-order valence-electron chi connectivity index (χ1n) is 6.24. The van der Waals surface area contributed by atoms with Gasteiger partial charge in [-0.25, -0.2) is 4.98 Å². The summed E-state index contributed by atoms with van der Waals surface area (Å²) in [6.45, 7) is 2.59. The number of hydrogen-bond acceptors (Lipinski definition) is 3.